The molecule has 7 nitrogen and oxygen atoms in total. The van der Waals surface area contributed by atoms with Gasteiger partial charge in [-0.25, -0.2) is 0 Å². The molecule has 2 aromatic heterocycles. The second kappa shape index (κ2) is 4.60. The van der Waals surface area contributed by atoms with Crippen LogP contribution in [0.4, 0.5) is 5.69 Å². The van der Waals surface area contributed by atoms with Crippen molar-refractivity contribution in [3.05, 3.63) is 24.3 Å². The molecule has 2 aromatic rings. The van der Waals surface area contributed by atoms with Crippen LogP contribution in [0.2, 0.25) is 0 Å². The number of nitrogen functional groups attached to an aromatic ring is 1. The van der Waals surface area contributed by atoms with E-state index in [-0.39, 0.29) is 17.6 Å². The largest absolute Gasteiger partial charge is 0.397 e. The summed E-state index contributed by atoms with van der Waals surface area (Å²) in [7, 11) is 0. The van der Waals surface area contributed by atoms with Gasteiger partial charge in [0, 0.05) is 12.7 Å². The number of hydrogen-bond donors (Lipinski definition) is 2. The number of aromatic nitrogens is 3. The first-order valence-electron chi connectivity index (χ1n) is 5.04. The van der Waals surface area contributed by atoms with Gasteiger partial charge in [0.15, 0.2) is 0 Å². The van der Waals surface area contributed by atoms with Crippen LogP contribution in [-0.2, 0) is 0 Å². The third kappa shape index (κ3) is 2.22. The van der Waals surface area contributed by atoms with Crippen molar-refractivity contribution >= 4 is 11.6 Å². The first-order valence-corrected chi connectivity index (χ1v) is 5.04. The molecule has 0 aliphatic carbocycles. The molecular formula is C10H11N5O2. The van der Waals surface area contributed by atoms with Crippen molar-refractivity contribution in [1.29, 1.82) is 0 Å². The molecule has 88 valence electrons. The van der Waals surface area contributed by atoms with E-state index in [2.05, 4.69) is 20.4 Å². The summed E-state index contributed by atoms with van der Waals surface area (Å²) >= 11 is 0. The van der Waals surface area contributed by atoms with Crippen molar-refractivity contribution in [2.45, 2.75) is 6.92 Å². The average molecular weight is 233 g/mol. The Balaban J connectivity index is 2.30. The highest BCUT2D eigenvalue weighted by atomic mass is 16.5. The summed E-state index contributed by atoms with van der Waals surface area (Å²) in [5.74, 6) is -0.195. The summed E-state index contributed by atoms with van der Waals surface area (Å²) in [5, 5.41) is 6.15. The molecule has 0 aliphatic rings. The fourth-order valence-electron chi connectivity index (χ4n) is 1.27. The fourth-order valence-corrected chi connectivity index (χ4v) is 1.27. The molecule has 2 rings (SSSR count). The summed E-state index contributed by atoms with van der Waals surface area (Å²) < 4.78 is 4.97. The van der Waals surface area contributed by atoms with E-state index < -0.39 is 0 Å². The molecule has 3 N–H and O–H groups in total. The maximum Gasteiger partial charge on any atom is 0.292 e. The Morgan fingerprint density at radius 2 is 2.41 bits per heavy atom. The molecule has 0 bridgehead atoms. The van der Waals surface area contributed by atoms with Crippen molar-refractivity contribution in [2.24, 2.45) is 0 Å². The van der Waals surface area contributed by atoms with Gasteiger partial charge in [-0.15, -0.1) is 0 Å². The van der Waals surface area contributed by atoms with Gasteiger partial charge in [0.2, 0.25) is 0 Å². The number of carbonyl (C=O) groups is 1. The van der Waals surface area contributed by atoms with Crippen molar-refractivity contribution in [2.75, 3.05) is 12.3 Å². The number of nitrogens with zero attached hydrogens (tertiary/aromatic N) is 3. The predicted molar refractivity (Wildman–Crippen MR) is 59.9 cm³/mol. The number of anilines is 1. The average Bonchev–Trinajstić information content (AvgIpc) is 2.79. The minimum atomic E-state index is -0.380. The second-order valence-corrected chi connectivity index (χ2v) is 3.25. The SMILES string of the molecule is CCNC(=O)c1noc(-c2ccncc2N)n1. The zero-order chi connectivity index (χ0) is 12.3. The highest BCUT2D eigenvalue weighted by molar-refractivity contribution is 5.90. The van der Waals surface area contributed by atoms with Gasteiger partial charge in [0.25, 0.3) is 17.6 Å². The number of pyridine rings is 1. The maximum absolute atomic E-state index is 11.4. The van der Waals surface area contributed by atoms with Gasteiger partial charge in [0.05, 0.1) is 17.4 Å². The maximum atomic E-state index is 11.4. The number of nitrogens with two attached hydrogens (primary N) is 1. The summed E-state index contributed by atoms with van der Waals surface area (Å²) in [4.78, 5) is 19.2. The highest BCUT2D eigenvalue weighted by Crippen LogP contribution is 2.22. The van der Waals surface area contributed by atoms with Crippen molar-refractivity contribution in [1.82, 2.24) is 20.4 Å². The number of carbonyl (C=O) groups excluding carboxylic acids is 1. The van der Waals surface area contributed by atoms with E-state index >= 15 is 0 Å². The second-order valence-electron chi connectivity index (χ2n) is 3.25. The molecular weight excluding hydrogens is 222 g/mol. The lowest BCUT2D eigenvalue weighted by molar-refractivity contribution is 0.0942. The Morgan fingerprint density at radius 3 is 3.12 bits per heavy atom. The Hall–Kier alpha value is -2.44. The van der Waals surface area contributed by atoms with Gasteiger partial charge < -0.3 is 15.6 Å². The number of nitrogens with one attached hydrogen (secondary N) is 1. The van der Waals surface area contributed by atoms with E-state index in [0.717, 1.165) is 0 Å². The molecule has 0 saturated heterocycles. The van der Waals surface area contributed by atoms with Crippen molar-refractivity contribution < 1.29 is 9.32 Å². The van der Waals surface area contributed by atoms with Crippen LogP contribution < -0.4 is 11.1 Å². The monoisotopic (exact) mass is 233 g/mol. The molecule has 0 aliphatic heterocycles. The smallest absolute Gasteiger partial charge is 0.292 e. The molecule has 0 fully saturated rings. The van der Waals surface area contributed by atoms with E-state index in [4.69, 9.17) is 10.3 Å². The van der Waals surface area contributed by atoms with Gasteiger partial charge in [-0.05, 0) is 13.0 Å². The van der Waals surface area contributed by atoms with Gasteiger partial charge in [0.1, 0.15) is 0 Å². The Morgan fingerprint density at radius 1 is 1.59 bits per heavy atom. The van der Waals surface area contributed by atoms with Crippen LogP contribution in [0.3, 0.4) is 0 Å². The molecule has 0 saturated carbocycles. The quantitative estimate of drug-likeness (QED) is 0.797. The summed E-state index contributed by atoms with van der Waals surface area (Å²) in [6.07, 6.45) is 3.03. The van der Waals surface area contributed by atoms with Crippen molar-refractivity contribution in [3.8, 4) is 11.5 Å². The van der Waals surface area contributed by atoms with Crippen LogP contribution in [0, 0.1) is 0 Å². The molecule has 0 radical (unpaired) electrons. The van der Waals surface area contributed by atoms with Gasteiger partial charge in [-0.2, -0.15) is 4.98 Å². The van der Waals surface area contributed by atoms with Crippen LogP contribution in [-0.4, -0.2) is 27.6 Å². The molecule has 17 heavy (non-hydrogen) atoms. The Kier molecular flexibility index (Phi) is 2.99. The molecule has 0 aromatic carbocycles. The molecule has 1 amide bonds. The molecule has 2 heterocycles. The van der Waals surface area contributed by atoms with Gasteiger partial charge in [-0.3, -0.25) is 9.78 Å². The van der Waals surface area contributed by atoms with E-state index in [1.54, 1.807) is 19.2 Å². The lowest BCUT2D eigenvalue weighted by Crippen LogP contribution is -2.23. The van der Waals surface area contributed by atoms with Crippen LogP contribution >= 0.6 is 0 Å². The lowest BCUT2D eigenvalue weighted by Gasteiger charge is -1.97. The van der Waals surface area contributed by atoms with Crippen LogP contribution in [0.5, 0.6) is 0 Å². The first kappa shape index (κ1) is 11.1. The molecule has 0 spiro atoms. The summed E-state index contributed by atoms with van der Waals surface area (Å²) in [6, 6.07) is 1.64. The highest BCUT2D eigenvalue weighted by Gasteiger charge is 2.16. The van der Waals surface area contributed by atoms with Crippen molar-refractivity contribution in [3.63, 3.8) is 0 Å². The zero-order valence-corrected chi connectivity index (χ0v) is 9.17. The van der Waals surface area contributed by atoms with Gasteiger partial charge in [-0.1, -0.05) is 5.16 Å². The first-order chi connectivity index (χ1) is 8.22. The van der Waals surface area contributed by atoms with E-state index in [1.807, 2.05) is 0 Å². The fraction of sp³-hybridized carbons (Fsp3) is 0.200. The number of rotatable bonds is 3. The van der Waals surface area contributed by atoms with Crippen LogP contribution in [0.25, 0.3) is 11.5 Å². The third-order valence-corrected chi connectivity index (χ3v) is 2.05. The van der Waals surface area contributed by atoms with E-state index in [1.165, 1.54) is 6.20 Å². The third-order valence-electron chi connectivity index (χ3n) is 2.05. The normalized spacial score (nSPS) is 10.2. The Bertz CT molecular complexity index is 537. The lowest BCUT2D eigenvalue weighted by atomic mass is 10.2. The van der Waals surface area contributed by atoms with Crippen LogP contribution in [0.1, 0.15) is 17.5 Å². The Labute approximate surface area is 97.0 Å². The van der Waals surface area contributed by atoms with E-state index in [9.17, 15) is 4.79 Å². The minimum Gasteiger partial charge on any atom is -0.397 e. The molecule has 7 heteroatoms. The zero-order valence-electron chi connectivity index (χ0n) is 9.17. The number of hydrogen-bond acceptors (Lipinski definition) is 6. The molecule has 0 atom stereocenters. The molecule has 0 unspecified atom stereocenters. The standard InChI is InChI=1S/C10H11N5O2/c1-2-13-9(16)8-14-10(17-15-8)6-3-4-12-5-7(6)11/h3-5H,2,11H2,1H3,(H,13,16). The topological polar surface area (TPSA) is 107 Å². The van der Waals surface area contributed by atoms with Crippen LogP contribution in [0.15, 0.2) is 23.0 Å². The summed E-state index contributed by atoms with van der Waals surface area (Å²) in [6.45, 7) is 2.31. The van der Waals surface area contributed by atoms with Gasteiger partial charge >= 0.3 is 0 Å². The van der Waals surface area contributed by atoms with E-state index in [0.29, 0.717) is 17.8 Å². The number of amides is 1. The predicted octanol–water partition coefficient (Wildman–Crippen LogP) is 0.464. The summed E-state index contributed by atoms with van der Waals surface area (Å²) in [5.41, 5.74) is 6.68. The minimum absolute atomic E-state index is 0.0157.